The summed E-state index contributed by atoms with van der Waals surface area (Å²) in [5.41, 5.74) is 2.30. The van der Waals surface area contributed by atoms with Gasteiger partial charge in [-0.2, -0.15) is 0 Å². The van der Waals surface area contributed by atoms with Gasteiger partial charge in [0.25, 0.3) is 0 Å². The van der Waals surface area contributed by atoms with Crippen LogP contribution in [0.2, 0.25) is 0 Å². The molecular weight excluding hydrogens is 202 g/mol. The molecular formula is C13H17NO2. The minimum absolute atomic E-state index is 0.103. The average molecular weight is 219 g/mol. The van der Waals surface area contributed by atoms with E-state index in [0.29, 0.717) is 6.61 Å². The summed E-state index contributed by atoms with van der Waals surface area (Å²) in [7, 11) is 0. The van der Waals surface area contributed by atoms with Gasteiger partial charge in [0.1, 0.15) is 6.61 Å². The van der Waals surface area contributed by atoms with Gasteiger partial charge >= 0.3 is 0 Å². The van der Waals surface area contributed by atoms with Crippen molar-refractivity contribution in [1.82, 2.24) is 0 Å². The third-order valence-electron chi connectivity index (χ3n) is 2.75. The van der Waals surface area contributed by atoms with Crippen LogP contribution in [0.3, 0.4) is 0 Å². The molecule has 0 amide bonds. The highest BCUT2D eigenvalue weighted by Crippen LogP contribution is 2.25. The molecule has 0 aliphatic carbocycles. The fraction of sp³-hybridized carbons (Fsp3) is 0.462. The molecule has 1 unspecified atom stereocenters. The molecule has 1 aromatic rings. The maximum absolute atomic E-state index is 11.8. The molecule has 16 heavy (non-hydrogen) atoms. The minimum Gasteiger partial charge on any atom is -0.375 e. The van der Waals surface area contributed by atoms with Gasteiger partial charge in [-0.15, -0.1) is 0 Å². The molecule has 1 aliphatic heterocycles. The largest absolute Gasteiger partial charge is 0.375 e. The van der Waals surface area contributed by atoms with Crippen LogP contribution in [-0.2, 0) is 16.0 Å². The number of hydrogen-bond acceptors (Lipinski definition) is 3. The summed E-state index contributed by atoms with van der Waals surface area (Å²) in [5, 5.41) is 3.23. The summed E-state index contributed by atoms with van der Waals surface area (Å²) in [6.45, 7) is 2.92. The predicted octanol–water partition coefficient (Wildman–Crippen LogP) is 2.02. The van der Waals surface area contributed by atoms with Crippen LogP contribution in [0.4, 0.5) is 5.69 Å². The SMILES string of the molecule is CCCOCC(=O)C1Cc2ccccc2N1. The van der Waals surface area contributed by atoms with Crippen LogP contribution in [0.5, 0.6) is 0 Å². The molecule has 0 saturated heterocycles. The summed E-state index contributed by atoms with van der Waals surface area (Å²) >= 11 is 0. The molecule has 0 fully saturated rings. The van der Waals surface area contributed by atoms with Gasteiger partial charge in [-0.25, -0.2) is 0 Å². The van der Waals surface area contributed by atoms with Gasteiger partial charge in [0.2, 0.25) is 0 Å². The highest BCUT2D eigenvalue weighted by Gasteiger charge is 2.25. The number of ether oxygens (including phenoxy) is 1. The fourth-order valence-electron chi connectivity index (χ4n) is 1.91. The number of carbonyl (C=O) groups is 1. The normalized spacial score (nSPS) is 17.9. The van der Waals surface area contributed by atoms with Crippen LogP contribution >= 0.6 is 0 Å². The lowest BCUT2D eigenvalue weighted by atomic mass is 10.1. The van der Waals surface area contributed by atoms with Crippen molar-refractivity contribution in [1.29, 1.82) is 0 Å². The van der Waals surface area contributed by atoms with Crippen LogP contribution in [0.1, 0.15) is 18.9 Å². The number of benzene rings is 1. The molecule has 0 spiro atoms. The van der Waals surface area contributed by atoms with Gasteiger partial charge in [-0.05, 0) is 18.1 Å². The van der Waals surface area contributed by atoms with E-state index in [-0.39, 0.29) is 18.4 Å². The molecule has 1 aliphatic rings. The summed E-state index contributed by atoms with van der Waals surface area (Å²) < 4.78 is 5.27. The van der Waals surface area contributed by atoms with E-state index >= 15 is 0 Å². The Morgan fingerprint density at radius 2 is 2.31 bits per heavy atom. The van der Waals surface area contributed by atoms with Crippen LogP contribution in [0, 0.1) is 0 Å². The van der Waals surface area contributed by atoms with E-state index in [2.05, 4.69) is 11.4 Å². The lowest BCUT2D eigenvalue weighted by Gasteiger charge is -2.09. The van der Waals surface area contributed by atoms with E-state index < -0.39 is 0 Å². The molecule has 1 N–H and O–H groups in total. The Kier molecular flexibility index (Phi) is 3.57. The zero-order valence-electron chi connectivity index (χ0n) is 9.53. The number of carbonyl (C=O) groups excluding carboxylic acids is 1. The fourth-order valence-corrected chi connectivity index (χ4v) is 1.91. The maximum atomic E-state index is 11.8. The molecule has 3 heteroatoms. The zero-order valence-corrected chi connectivity index (χ0v) is 9.53. The quantitative estimate of drug-likeness (QED) is 0.770. The minimum atomic E-state index is -0.103. The molecule has 0 saturated carbocycles. The van der Waals surface area contributed by atoms with Gasteiger partial charge in [0.05, 0.1) is 6.04 Å². The van der Waals surface area contributed by atoms with Gasteiger partial charge in [0.15, 0.2) is 5.78 Å². The number of para-hydroxylation sites is 1. The van der Waals surface area contributed by atoms with E-state index in [1.165, 1.54) is 5.56 Å². The Hall–Kier alpha value is -1.35. The Morgan fingerprint density at radius 3 is 3.06 bits per heavy atom. The molecule has 1 heterocycles. The summed E-state index contributed by atoms with van der Waals surface area (Å²) in [6.07, 6.45) is 1.73. The van der Waals surface area contributed by atoms with Crippen molar-refractivity contribution >= 4 is 11.5 Å². The van der Waals surface area contributed by atoms with Crippen LogP contribution in [0.15, 0.2) is 24.3 Å². The van der Waals surface area contributed by atoms with Gasteiger partial charge in [-0.3, -0.25) is 4.79 Å². The molecule has 0 radical (unpaired) electrons. The predicted molar refractivity (Wildman–Crippen MR) is 63.7 cm³/mol. The van der Waals surface area contributed by atoms with Crippen LogP contribution in [0.25, 0.3) is 0 Å². The van der Waals surface area contributed by atoms with Crippen molar-refractivity contribution < 1.29 is 9.53 Å². The van der Waals surface area contributed by atoms with Crippen molar-refractivity contribution in [3.63, 3.8) is 0 Å². The van der Waals surface area contributed by atoms with E-state index in [1.54, 1.807) is 0 Å². The first-order valence-electron chi connectivity index (χ1n) is 5.76. The highest BCUT2D eigenvalue weighted by atomic mass is 16.5. The van der Waals surface area contributed by atoms with Crippen molar-refractivity contribution in [3.8, 4) is 0 Å². The maximum Gasteiger partial charge on any atom is 0.180 e. The molecule has 86 valence electrons. The second kappa shape index (κ2) is 5.12. The first-order chi connectivity index (χ1) is 7.81. The molecule has 0 bridgehead atoms. The highest BCUT2D eigenvalue weighted by molar-refractivity contribution is 5.90. The van der Waals surface area contributed by atoms with Crippen molar-refractivity contribution in [2.24, 2.45) is 0 Å². The zero-order chi connectivity index (χ0) is 11.4. The van der Waals surface area contributed by atoms with Crippen molar-refractivity contribution in [2.75, 3.05) is 18.5 Å². The second-order valence-electron chi connectivity index (χ2n) is 4.08. The van der Waals surface area contributed by atoms with E-state index in [1.807, 2.05) is 25.1 Å². The Morgan fingerprint density at radius 1 is 1.50 bits per heavy atom. The summed E-state index contributed by atoms with van der Waals surface area (Å²) in [6, 6.07) is 7.94. The number of rotatable bonds is 5. The third kappa shape index (κ3) is 2.42. The number of anilines is 1. The van der Waals surface area contributed by atoms with E-state index in [4.69, 9.17) is 4.74 Å². The van der Waals surface area contributed by atoms with Gasteiger partial charge in [0, 0.05) is 18.7 Å². The standard InChI is InChI=1S/C13H17NO2/c1-2-7-16-9-13(15)12-8-10-5-3-4-6-11(10)14-12/h3-6,12,14H,2,7-9H2,1H3. The third-order valence-corrected chi connectivity index (χ3v) is 2.75. The lowest BCUT2D eigenvalue weighted by molar-refractivity contribution is -0.124. The smallest absolute Gasteiger partial charge is 0.180 e. The monoisotopic (exact) mass is 219 g/mol. The number of nitrogens with one attached hydrogen (secondary N) is 1. The van der Waals surface area contributed by atoms with Crippen LogP contribution in [-0.4, -0.2) is 25.0 Å². The lowest BCUT2D eigenvalue weighted by Crippen LogP contribution is -2.30. The number of Topliss-reactive ketones (excluding diaryl/α,β-unsaturated/α-hetero) is 1. The summed E-state index contributed by atoms with van der Waals surface area (Å²) in [5.74, 6) is 0.143. The van der Waals surface area contributed by atoms with Crippen LogP contribution < -0.4 is 5.32 Å². The Bertz CT molecular complexity index is 351. The molecule has 0 aromatic heterocycles. The average Bonchev–Trinajstić information content (AvgIpc) is 2.73. The Labute approximate surface area is 95.8 Å². The number of fused-ring (bicyclic) bond motifs is 1. The molecule has 1 atom stereocenters. The summed E-state index contributed by atoms with van der Waals surface area (Å²) in [4.78, 5) is 11.8. The van der Waals surface area contributed by atoms with Crippen molar-refractivity contribution in [3.05, 3.63) is 29.8 Å². The number of ketones is 1. The second-order valence-corrected chi connectivity index (χ2v) is 4.08. The number of hydrogen-bond donors (Lipinski definition) is 1. The first kappa shape index (κ1) is 11.1. The van der Waals surface area contributed by atoms with E-state index in [0.717, 1.165) is 18.5 Å². The van der Waals surface area contributed by atoms with E-state index in [9.17, 15) is 4.79 Å². The molecule has 1 aromatic carbocycles. The van der Waals surface area contributed by atoms with Gasteiger partial charge in [-0.1, -0.05) is 25.1 Å². The molecule has 2 rings (SSSR count). The van der Waals surface area contributed by atoms with Gasteiger partial charge < -0.3 is 10.1 Å². The topological polar surface area (TPSA) is 38.3 Å². The van der Waals surface area contributed by atoms with Crippen molar-refractivity contribution in [2.45, 2.75) is 25.8 Å². The molecule has 3 nitrogen and oxygen atoms in total. The Balaban J connectivity index is 1.88. The first-order valence-corrected chi connectivity index (χ1v) is 5.76.